The van der Waals surface area contributed by atoms with Crippen molar-refractivity contribution in [1.82, 2.24) is 14.5 Å². The second kappa shape index (κ2) is 4.53. The van der Waals surface area contributed by atoms with Crippen molar-refractivity contribution in [2.45, 2.75) is 33.7 Å². The van der Waals surface area contributed by atoms with Gasteiger partial charge in [-0.3, -0.25) is 4.79 Å². The Bertz CT molecular complexity index is 644. The molecule has 6 heteroatoms. The highest BCUT2D eigenvalue weighted by Crippen LogP contribution is 2.32. The second-order valence-electron chi connectivity index (χ2n) is 5.13. The van der Waals surface area contributed by atoms with Crippen LogP contribution < -0.4 is 11.5 Å². The first kappa shape index (κ1) is 13.3. The Morgan fingerprint density at radius 1 is 1.32 bits per heavy atom. The lowest BCUT2D eigenvalue weighted by Crippen LogP contribution is -2.31. The maximum atomic E-state index is 11.8. The molecule has 2 rings (SSSR count). The SMILES string of the molecule is Cc1c(C)n(C(C(N)=O)C(C)C)c2ncnc(N)c12. The summed E-state index contributed by atoms with van der Waals surface area (Å²) in [6.45, 7) is 7.81. The fourth-order valence-electron chi connectivity index (χ4n) is 2.55. The minimum absolute atomic E-state index is 0.0717. The average Bonchev–Trinajstić information content (AvgIpc) is 2.55. The zero-order valence-corrected chi connectivity index (χ0v) is 11.6. The van der Waals surface area contributed by atoms with Gasteiger partial charge in [-0.2, -0.15) is 0 Å². The van der Waals surface area contributed by atoms with Crippen molar-refractivity contribution in [2.75, 3.05) is 5.73 Å². The van der Waals surface area contributed by atoms with Crippen molar-refractivity contribution in [1.29, 1.82) is 0 Å². The zero-order valence-electron chi connectivity index (χ0n) is 11.6. The highest BCUT2D eigenvalue weighted by molar-refractivity contribution is 5.92. The Kier molecular flexibility index (Phi) is 3.18. The molecule has 2 aromatic heterocycles. The van der Waals surface area contributed by atoms with Gasteiger partial charge in [-0.05, 0) is 25.3 Å². The number of nitrogens with two attached hydrogens (primary N) is 2. The number of anilines is 1. The Balaban J connectivity index is 2.84. The molecule has 1 unspecified atom stereocenters. The van der Waals surface area contributed by atoms with Gasteiger partial charge in [-0.1, -0.05) is 13.8 Å². The number of hydrogen-bond donors (Lipinski definition) is 2. The van der Waals surface area contributed by atoms with Gasteiger partial charge in [-0.25, -0.2) is 9.97 Å². The van der Waals surface area contributed by atoms with Crippen LogP contribution in [0.1, 0.15) is 31.1 Å². The maximum Gasteiger partial charge on any atom is 0.240 e. The molecule has 1 amide bonds. The average molecular weight is 261 g/mol. The number of nitrogen functional groups attached to an aromatic ring is 1. The first-order valence-electron chi connectivity index (χ1n) is 6.23. The van der Waals surface area contributed by atoms with Gasteiger partial charge in [0.1, 0.15) is 23.8 Å². The van der Waals surface area contributed by atoms with Gasteiger partial charge in [0.2, 0.25) is 5.91 Å². The lowest BCUT2D eigenvalue weighted by Gasteiger charge is -2.21. The standard InChI is InChI=1S/C13H19N5O/c1-6(2)10(12(15)19)18-8(4)7(3)9-11(14)16-5-17-13(9)18/h5-6,10H,1-4H3,(H2,15,19)(H2,14,16,17). The number of amides is 1. The molecule has 0 saturated carbocycles. The number of primary amides is 1. The van der Waals surface area contributed by atoms with Crippen molar-refractivity contribution >= 4 is 22.8 Å². The number of hydrogen-bond acceptors (Lipinski definition) is 4. The van der Waals surface area contributed by atoms with Gasteiger partial charge in [0, 0.05) is 5.69 Å². The van der Waals surface area contributed by atoms with E-state index in [2.05, 4.69) is 9.97 Å². The van der Waals surface area contributed by atoms with Gasteiger partial charge in [0.25, 0.3) is 0 Å². The number of fused-ring (bicyclic) bond motifs is 1. The number of carbonyl (C=O) groups is 1. The van der Waals surface area contributed by atoms with Crippen LogP contribution in [-0.4, -0.2) is 20.4 Å². The van der Waals surface area contributed by atoms with E-state index >= 15 is 0 Å². The Labute approximate surface area is 111 Å². The summed E-state index contributed by atoms with van der Waals surface area (Å²) in [6.07, 6.45) is 1.41. The lowest BCUT2D eigenvalue weighted by molar-refractivity contribution is -0.122. The molecule has 0 aliphatic rings. The van der Waals surface area contributed by atoms with Gasteiger partial charge < -0.3 is 16.0 Å². The van der Waals surface area contributed by atoms with Gasteiger partial charge in [0.15, 0.2) is 0 Å². The highest BCUT2D eigenvalue weighted by atomic mass is 16.1. The predicted octanol–water partition coefficient (Wildman–Crippen LogP) is 1.31. The summed E-state index contributed by atoms with van der Waals surface area (Å²) in [5.41, 5.74) is 14.1. The first-order valence-corrected chi connectivity index (χ1v) is 6.23. The number of rotatable bonds is 3. The van der Waals surface area contributed by atoms with Gasteiger partial charge in [0.05, 0.1) is 5.39 Å². The van der Waals surface area contributed by atoms with E-state index < -0.39 is 6.04 Å². The lowest BCUT2D eigenvalue weighted by atomic mass is 10.0. The first-order chi connectivity index (χ1) is 8.86. The molecule has 0 saturated heterocycles. The van der Waals surface area contributed by atoms with Gasteiger partial charge in [-0.15, -0.1) is 0 Å². The molecule has 1 atom stereocenters. The Morgan fingerprint density at radius 3 is 2.47 bits per heavy atom. The molecule has 102 valence electrons. The monoisotopic (exact) mass is 261 g/mol. The van der Waals surface area contributed by atoms with Crippen LogP contribution in [0.25, 0.3) is 11.0 Å². The molecule has 0 fully saturated rings. The number of aromatic nitrogens is 3. The van der Waals surface area contributed by atoms with E-state index in [9.17, 15) is 4.79 Å². The van der Waals surface area contributed by atoms with Crippen LogP contribution >= 0.6 is 0 Å². The summed E-state index contributed by atoms with van der Waals surface area (Å²) in [5.74, 6) is 0.130. The molecule has 2 heterocycles. The molecular weight excluding hydrogens is 242 g/mol. The molecule has 0 aliphatic heterocycles. The van der Waals surface area contributed by atoms with Crippen molar-refractivity contribution in [3.05, 3.63) is 17.6 Å². The molecule has 4 N–H and O–H groups in total. The highest BCUT2D eigenvalue weighted by Gasteiger charge is 2.27. The summed E-state index contributed by atoms with van der Waals surface area (Å²) >= 11 is 0. The summed E-state index contributed by atoms with van der Waals surface area (Å²) in [7, 11) is 0. The molecule has 0 spiro atoms. The van der Waals surface area contributed by atoms with Crippen LogP contribution in [0.5, 0.6) is 0 Å². The molecule has 0 radical (unpaired) electrons. The van der Waals surface area contributed by atoms with E-state index in [1.54, 1.807) is 0 Å². The Hall–Kier alpha value is -2.11. The molecule has 0 bridgehead atoms. The molecule has 0 aliphatic carbocycles. The van der Waals surface area contributed by atoms with Crippen LogP contribution in [0.15, 0.2) is 6.33 Å². The normalized spacial score (nSPS) is 13.1. The fourth-order valence-corrected chi connectivity index (χ4v) is 2.55. The fraction of sp³-hybridized carbons (Fsp3) is 0.462. The molecule has 2 aromatic rings. The zero-order chi connectivity index (χ0) is 14.3. The summed E-state index contributed by atoms with van der Waals surface area (Å²) in [6, 6.07) is -0.439. The maximum absolute atomic E-state index is 11.8. The van der Waals surface area contributed by atoms with Crippen molar-refractivity contribution in [3.63, 3.8) is 0 Å². The number of aryl methyl sites for hydroxylation is 1. The third-order valence-corrected chi connectivity index (χ3v) is 3.56. The third-order valence-electron chi connectivity index (χ3n) is 3.56. The van der Waals surface area contributed by atoms with E-state index in [1.165, 1.54) is 6.33 Å². The summed E-state index contributed by atoms with van der Waals surface area (Å²) < 4.78 is 1.87. The van der Waals surface area contributed by atoms with Gasteiger partial charge >= 0.3 is 0 Å². The molecule has 19 heavy (non-hydrogen) atoms. The van der Waals surface area contributed by atoms with E-state index in [0.717, 1.165) is 16.6 Å². The van der Waals surface area contributed by atoms with Crippen molar-refractivity contribution in [3.8, 4) is 0 Å². The second-order valence-corrected chi connectivity index (χ2v) is 5.13. The molecule has 6 nitrogen and oxygen atoms in total. The summed E-state index contributed by atoms with van der Waals surface area (Å²) in [4.78, 5) is 20.0. The number of carbonyl (C=O) groups excluding carboxylic acids is 1. The van der Waals surface area contributed by atoms with Crippen LogP contribution in [0.2, 0.25) is 0 Å². The van der Waals surface area contributed by atoms with Crippen molar-refractivity contribution < 1.29 is 4.79 Å². The smallest absolute Gasteiger partial charge is 0.240 e. The van der Waals surface area contributed by atoms with E-state index in [4.69, 9.17) is 11.5 Å². The van der Waals surface area contributed by atoms with Crippen LogP contribution in [0.3, 0.4) is 0 Å². The minimum Gasteiger partial charge on any atom is -0.383 e. The summed E-state index contributed by atoms with van der Waals surface area (Å²) in [5, 5.41) is 0.798. The third kappa shape index (κ3) is 1.93. The van der Waals surface area contributed by atoms with Crippen LogP contribution in [0.4, 0.5) is 5.82 Å². The molecule has 0 aromatic carbocycles. The minimum atomic E-state index is -0.439. The van der Waals surface area contributed by atoms with Crippen LogP contribution in [0, 0.1) is 19.8 Å². The van der Waals surface area contributed by atoms with Crippen molar-refractivity contribution in [2.24, 2.45) is 11.7 Å². The van der Waals surface area contributed by atoms with Crippen LogP contribution in [-0.2, 0) is 4.79 Å². The Morgan fingerprint density at radius 2 is 1.95 bits per heavy atom. The molecular formula is C13H19N5O. The van der Waals surface area contributed by atoms with E-state index in [0.29, 0.717) is 11.5 Å². The largest absolute Gasteiger partial charge is 0.383 e. The topological polar surface area (TPSA) is 99.8 Å². The van der Waals surface area contributed by atoms with E-state index in [-0.39, 0.29) is 11.8 Å². The van der Waals surface area contributed by atoms with E-state index in [1.807, 2.05) is 32.3 Å². The predicted molar refractivity (Wildman–Crippen MR) is 74.5 cm³/mol. The quantitative estimate of drug-likeness (QED) is 0.870. The number of nitrogens with zero attached hydrogens (tertiary/aromatic N) is 3.